The number of halogens is 3. The van der Waals surface area contributed by atoms with Gasteiger partial charge in [0.2, 0.25) is 0 Å². The first-order chi connectivity index (χ1) is 12.4. The molecule has 2 aromatic rings. The zero-order valence-electron chi connectivity index (χ0n) is 13.9. The van der Waals surface area contributed by atoms with Crippen LogP contribution in [0.15, 0.2) is 30.8 Å². The first-order valence-electron chi connectivity index (χ1n) is 7.59. The number of carbonyl (C=O) groups is 1. The van der Waals surface area contributed by atoms with Crippen LogP contribution in [0.5, 0.6) is 0 Å². The molecule has 0 atom stereocenters. The van der Waals surface area contributed by atoms with Gasteiger partial charge in [0.05, 0.1) is 30.2 Å². The van der Waals surface area contributed by atoms with E-state index in [4.69, 9.17) is 9.94 Å². The number of hydrogen-bond acceptors (Lipinski definition) is 4. The summed E-state index contributed by atoms with van der Waals surface area (Å²) in [5, 5.41) is 11.1. The summed E-state index contributed by atoms with van der Waals surface area (Å²) in [7, 11) is 0. The Morgan fingerprint density at radius 2 is 2.00 bits per heavy atom. The van der Waals surface area contributed by atoms with E-state index in [9.17, 15) is 18.0 Å². The molecule has 0 aliphatic carbocycles. The highest BCUT2D eigenvalue weighted by Crippen LogP contribution is 2.30. The normalized spacial score (nSPS) is 10.5. The Bertz CT molecular complexity index is 841. The molecular formula is C18H17F3N2O3. The van der Waals surface area contributed by atoms with Crippen molar-refractivity contribution in [2.45, 2.75) is 6.92 Å². The van der Waals surface area contributed by atoms with E-state index in [1.54, 1.807) is 13.0 Å². The molecule has 0 aromatic heterocycles. The SMILES string of the molecule is C=Cc1cc(C(=O)NOCCO)c(Nc2ccc(C)cc2F)c(F)c1F. The first-order valence-corrected chi connectivity index (χ1v) is 7.59. The van der Waals surface area contributed by atoms with Gasteiger partial charge in [-0.2, -0.15) is 0 Å². The minimum atomic E-state index is -1.37. The van der Waals surface area contributed by atoms with Crippen molar-refractivity contribution in [2.75, 3.05) is 18.5 Å². The second-order valence-corrected chi connectivity index (χ2v) is 5.33. The van der Waals surface area contributed by atoms with Crippen molar-refractivity contribution in [3.05, 3.63) is 65.0 Å². The van der Waals surface area contributed by atoms with Crippen LogP contribution in [-0.4, -0.2) is 24.2 Å². The number of amides is 1. The molecule has 0 bridgehead atoms. The van der Waals surface area contributed by atoms with E-state index in [-0.39, 0.29) is 30.0 Å². The topological polar surface area (TPSA) is 70.6 Å². The number of rotatable bonds is 7. The molecule has 8 heteroatoms. The number of aryl methyl sites for hydroxylation is 1. The summed E-state index contributed by atoms with van der Waals surface area (Å²) in [5.41, 5.74) is 1.37. The van der Waals surface area contributed by atoms with Gasteiger partial charge in [-0.15, -0.1) is 0 Å². The molecule has 0 saturated heterocycles. The van der Waals surface area contributed by atoms with Crippen LogP contribution in [0.2, 0.25) is 0 Å². The summed E-state index contributed by atoms with van der Waals surface area (Å²) in [6.07, 6.45) is 1.04. The van der Waals surface area contributed by atoms with Crippen LogP contribution in [0.4, 0.5) is 24.5 Å². The van der Waals surface area contributed by atoms with Gasteiger partial charge in [0, 0.05) is 5.56 Å². The van der Waals surface area contributed by atoms with Crippen LogP contribution >= 0.6 is 0 Å². The molecule has 0 heterocycles. The smallest absolute Gasteiger partial charge is 0.277 e. The van der Waals surface area contributed by atoms with Gasteiger partial charge in [-0.1, -0.05) is 18.7 Å². The molecule has 0 aliphatic rings. The van der Waals surface area contributed by atoms with E-state index in [0.717, 1.165) is 12.1 Å². The number of aliphatic hydroxyl groups excluding tert-OH is 1. The van der Waals surface area contributed by atoms with Crippen LogP contribution in [-0.2, 0) is 4.84 Å². The summed E-state index contributed by atoms with van der Waals surface area (Å²) in [6, 6.07) is 5.17. The Labute approximate surface area is 148 Å². The second-order valence-electron chi connectivity index (χ2n) is 5.33. The molecule has 2 aromatic carbocycles. The Hall–Kier alpha value is -2.84. The van der Waals surface area contributed by atoms with Crippen LogP contribution < -0.4 is 10.8 Å². The summed E-state index contributed by atoms with van der Waals surface area (Å²) >= 11 is 0. The number of benzene rings is 2. The van der Waals surface area contributed by atoms with Crippen LogP contribution in [0.1, 0.15) is 21.5 Å². The van der Waals surface area contributed by atoms with Crippen molar-refractivity contribution < 1.29 is 27.9 Å². The quantitative estimate of drug-likeness (QED) is 0.519. The molecule has 0 fully saturated rings. The predicted octanol–water partition coefficient (Wildman–Crippen LogP) is 3.45. The molecule has 0 unspecified atom stereocenters. The largest absolute Gasteiger partial charge is 0.394 e. The maximum absolute atomic E-state index is 14.5. The van der Waals surface area contributed by atoms with Crippen molar-refractivity contribution in [3.63, 3.8) is 0 Å². The lowest BCUT2D eigenvalue weighted by molar-refractivity contribution is 0.0168. The van der Waals surface area contributed by atoms with Crippen LogP contribution in [0.25, 0.3) is 6.08 Å². The number of hydroxylamine groups is 1. The highest BCUT2D eigenvalue weighted by Gasteiger charge is 2.23. The summed E-state index contributed by atoms with van der Waals surface area (Å²) in [6.45, 7) is 4.49. The second kappa shape index (κ2) is 8.50. The highest BCUT2D eigenvalue weighted by molar-refractivity contribution is 6.00. The summed E-state index contributed by atoms with van der Waals surface area (Å²) in [4.78, 5) is 16.9. The number of anilines is 2. The Morgan fingerprint density at radius 3 is 2.62 bits per heavy atom. The molecule has 0 radical (unpaired) electrons. The van der Waals surface area contributed by atoms with Crippen molar-refractivity contribution in [1.82, 2.24) is 5.48 Å². The zero-order chi connectivity index (χ0) is 19.3. The van der Waals surface area contributed by atoms with Crippen molar-refractivity contribution >= 4 is 23.4 Å². The minimum Gasteiger partial charge on any atom is -0.394 e. The van der Waals surface area contributed by atoms with E-state index in [0.29, 0.717) is 5.56 Å². The first kappa shape index (κ1) is 19.5. The van der Waals surface area contributed by atoms with Crippen molar-refractivity contribution in [2.24, 2.45) is 0 Å². The number of hydrogen-bond donors (Lipinski definition) is 3. The summed E-state index contributed by atoms with van der Waals surface area (Å²) in [5.74, 6) is -4.20. The highest BCUT2D eigenvalue weighted by atomic mass is 19.2. The summed E-state index contributed by atoms with van der Waals surface area (Å²) < 4.78 is 42.6. The van der Waals surface area contributed by atoms with Gasteiger partial charge in [-0.3, -0.25) is 9.63 Å². The van der Waals surface area contributed by atoms with Gasteiger partial charge < -0.3 is 10.4 Å². The van der Waals surface area contributed by atoms with Crippen LogP contribution in [0, 0.1) is 24.4 Å². The van der Waals surface area contributed by atoms with E-state index < -0.39 is 29.0 Å². The molecule has 1 amide bonds. The molecule has 0 aliphatic heterocycles. The predicted molar refractivity (Wildman–Crippen MR) is 91.4 cm³/mol. The Morgan fingerprint density at radius 1 is 1.27 bits per heavy atom. The van der Waals surface area contributed by atoms with E-state index in [1.165, 1.54) is 12.1 Å². The Kier molecular flexibility index (Phi) is 6.37. The lowest BCUT2D eigenvalue weighted by Crippen LogP contribution is -2.26. The molecule has 0 saturated carbocycles. The monoisotopic (exact) mass is 366 g/mol. The van der Waals surface area contributed by atoms with E-state index in [1.807, 2.05) is 5.48 Å². The average Bonchev–Trinajstić information content (AvgIpc) is 2.61. The van der Waals surface area contributed by atoms with Gasteiger partial charge in [0.15, 0.2) is 11.6 Å². The van der Waals surface area contributed by atoms with Crippen LogP contribution in [0.3, 0.4) is 0 Å². The number of aliphatic hydroxyl groups is 1. The lowest BCUT2D eigenvalue weighted by atomic mass is 10.1. The molecule has 0 spiro atoms. The third-order valence-electron chi connectivity index (χ3n) is 3.44. The molecule has 26 heavy (non-hydrogen) atoms. The van der Waals surface area contributed by atoms with Gasteiger partial charge in [-0.25, -0.2) is 18.7 Å². The third kappa shape index (κ3) is 4.22. The molecule has 5 nitrogen and oxygen atoms in total. The Balaban J connectivity index is 2.49. The number of carbonyl (C=O) groups excluding carboxylic acids is 1. The van der Waals surface area contributed by atoms with E-state index in [2.05, 4.69) is 11.9 Å². The van der Waals surface area contributed by atoms with Crippen molar-refractivity contribution in [3.8, 4) is 0 Å². The molecular weight excluding hydrogens is 349 g/mol. The molecule has 138 valence electrons. The third-order valence-corrected chi connectivity index (χ3v) is 3.44. The zero-order valence-corrected chi connectivity index (χ0v) is 13.9. The molecule has 3 N–H and O–H groups in total. The standard InChI is InChI=1S/C18H17F3N2O3/c1-3-11-9-12(18(25)23-26-7-6-24)17(16(21)15(11)20)22-14-5-4-10(2)8-13(14)19/h3-5,8-9,22,24H,1,6-7H2,2H3,(H,23,25). The lowest BCUT2D eigenvalue weighted by Gasteiger charge is -2.16. The minimum absolute atomic E-state index is 0.134. The van der Waals surface area contributed by atoms with Gasteiger partial charge in [0.1, 0.15) is 5.82 Å². The fraction of sp³-hybridized carbons (Fsp3) is 0.167. The fourth-order valence-corrected chi connectivity index (χ4v) is 2.17. The molecule has 2 rings (SSSR count). The maximum atomic E-state index is 14.5. The van der Waals surface area contributed by atoms with E-state index >= 15 is 0 Å². The van der Waals surface area contributed by atoms with Gasteiger partial charge in [0.25, 0.3) is 5.91 Å². The van der Waals surface area contributed by atoms with Gasteiger partial charge in [-0.05, 0) is 30.7 Å². The van der Waals surface area contributed by atoms with Gasteiger partial charge >= 0.3 is 0 Å². The fourth-order valence-electron chi connectivity index (χ4n) is 2.17. The van der Waals surface area contributed by atoms with Crippen molar-refractivity contribution in [1.29, 1.82) is 0 Å². The number of nitrogens with one attached hydrogen (secondary N) is 2. The average molecular weight is 366 g/mol. The maximum Gasteiger partial charge on any atom is 0.277 e.